The quantitative estimate of drug-likeness (QED) is 0.0261. The molecule has 0 aliphatic rings. The summed E-state index contributed by atoms with van der Waals surface area (Å²) in [5.41, 5.74) is 0. The number of hydrogen-bond donors (Lipinski definition) is 0. The molecular formula is C75H126O6. The van der Waals surface area contributed by atoms with Crippen LogP contribution in [-0.2, 0) is 28.6 Å². The van der Waals surface area contributed by atoms with Gasteiger partial charge in [0.05, 0.1) is 0 Å². The van der Waals surface area contributed by atoms with E-state index in [1.807, 2.05) is 6.08 Å². The van der Waals surface area contributed by atoms with Crippen LogP contribution in [0.25, 0.3) is 0 Å². The van der Waals surface area contributed by atoms with E-state index in [0.717, 1.165) is 103 Å². The number of hydrogen-bond acceptors (Lipinski definition) is 6. The second kappa shape index (κ2) is 68.3. The van der Waals surface area contributed by atoms with Crippen molar-refractivity contribution in [3.63, 3.8) is 0 Å². The standard InChI is InChI=1S/C75H126O6/c1-4-7-10-13-16-19-22-25-27-29-31-33-34-35-36-37-38-39-40-42-43-45-47-50-53-56-59-62-65-68-74(77)80-71-72(70-79-73(76)67-64-61-58-55-52-49-24-21-18-15-12-9-6-3)81-75(78)69-66-63-60-57-54-51-48-46-44-41-32-30-28-26-23-20-17-14-11-8-5-2/h9,12,18,21-23,25-26,29-32,34-35,44,46,49,52,58,61,72H,4-8,10-11,13-17,19-20,24,27-28,33,36-43,45,47-48,50-51,53-57,59-60,62-71H2,1-3H3/b12-9-,21-18-,25-22-,26-23-,31-29-,32-30-,35-34-,46-44-,52-49-,61-58-. The first-order valence-electron chi connectivity index (χ1n) is 34.0. The van der Waals surface area contributed by atoms with Crippen LogP contribution >= 0.6 is 0 Å². The maximum atomic E-state index is 12.9. The topological polar surface area (TPSA) is 78.9 Å². The SMILES string of the molecule is CC/C=C\C/C=C\C/C=C\C/C=C\CCC(=O)OCC(COC(=O)CCCCCCCCCCCCCCCC/C=C\C/C=C\C/C=C\CCCCCCC)OC(=O)CCCCCCCC/C=C\C/C=C\C/C=C\CCCCCCC. The maximum Gasteiger partial charge on any atom is 0.306 e. The lowest BCUT2D eigenvalue weighted by molar-refractivity contribution is -0.166. The number of carbonyl (C=O) groups is 3. The van der Waals surface area contributed by atoms with E-state index in [9.17, 15) is 14.4 Å². The Morgan fingerprint density at radius 1 is 0.259 bits per heavy atom. The monoisotopic (exact) mass is 1120 g/mol. The molecule has 0 saturated carbocycles. The van der Waals surface area contributed by atoms with E-state index in [0.29, 0.717) is 19.3 Å². The molecule has 1 atom stereocenters. The molecule has 0 aliphatic heterocycles. The van der Waals surface area contributed by atoms with Crippen molar-refractivity contribution in [1.82, 2.24) is 0 Å². The van der Waals surface area contributed by atoms with E-state index in [2.05, 4.69) is 136 Å². The predicted molar refractivity (Wildman–Crippen MR) is 353 cm³/mol. The Hall–Kier alpha value is -4.19. The highest BCUT2D eigenvalue weighted by molar-refractivity contribution is 5.71. The van der Waals surface area contributed by atoms with Crippen LogP contribution in [0.1, 0.15) is 316 Å². The van der Waals surface area contributed by atoms with Crippen LogP contribution in [0.15, 0.2) is 122 Å². The summed E-state index contributed by atoms with van der Waals surface area (Å²) in [7, 11) is 0. The minimum absolute atomic E-state index is 0.107. The smallest absolute Gasteiger partial charge is 0.306 e. The zero-order valence-electron chi connectivity index (χ0n) is 53.0. The van der Waals surface area contributed by atoms with Crippen molar-refractivity contribution in [2.75, 3.05) is 13.2 Å². The van der Waals surface area contributed by atoms with Crippen molar-refractivity contribution in [2.24, 2.45) is 0 Å². The third-order valence-electron chi connectivity index (χ3n) is 14.4. The van der Waals surface area contributed by atoms with Crippen molar-refractivity contribution < 1.29 is 28.6 Å². The van der Waals surface area contributed by atoms with Crippen molar-refractivity contribution >= 4 is 17.9 Å². The van der Waals surface area contributed by atoms with Gasteiger partial charge in [-0.15, -0.1) is 0 Å². The maximum absolute atomic E-state index is 12.9. The van der Waals surface area contributed by atoms with Crippen LogP contribution in [0.5, 0.6) is 0 Å². The third-order valence-corrected chi connectivity index (χ3v) is 14.4. The van der Waals surface area contributed by atoms with Crippen molar-refractivity contribution in [3.8, 4) is 0 Å². The highest BCUT2D eigenvalue weighted by Gasteiger charge is 2.19. The van der Waals surface area contributed by atoms with E-state index in [-0.39, 0.29) is 37.5 Å². The fourth-order valence-corrected chi connectivity index (χ4v) is 9.35. The van der Waals surface area contributed by atoms with E-state index in [1.165, 1.54) is 167 Å². The molecular weight excluding hydrogens is 997 g/mol. The molecule has 462 valence electrons. The Labute approximate surface area is 501 Å². The molecule has 0 aromatic carbocycles. The van der Waals surface area contributed by atoms with Gasteiger partial charge in [0.15, 0.2) is 6.10 Å². The van der Waals surface area contributed by atoms with Gasteiger partial charge >= 0.3 is 17.9 Å². The molecule has 0 aliphatic carbocycles. The summed E-state index contributed by atoms with van der Waals surface area (Å²) in [6, 6.07) is 0. The van der Waals surface area contributed by atoms with Crippen molar-refractivity contribution in [1.29, 1.82) is 0 Å². The molecule has 0 bridgehead atoms. The van der Waals surface area contributed by atoms with Gasteiger partial charge in [-0.3, -0.25) is 14.4 Å². The normalized spacial score (nSPS) is 12.9. The van der Waals surface area contributed by atoms with Crippen LogP contribution in [0.3, 0.4) is 0 Å². The van der Waals surface area contributed by atoms with Gasteiger partial charge in [0, 0.05) is 19.3 Å². The average molecular weight is 1120 g/mol. The highest BCUT2D eigenvalue weighted by atomic mass is 16.6. The molecule has 0 N–H and O–H groups in total. The van der Waals surface area contributed by atoms with E-state index in [4.69, 9.17) is 14.2 Å². The summed E-state index contributed by atoms with van der Waals surface area (Å²) in [5, 5.41) is 0. The molecule has 0 rings (SSSR count). The lowest BCUT2D eigenvalue weighted by Crippen LogP contribution is -2.30. The molecule has 0 aromatic heterocycles. The first-order valence-corrected chi connectivity index (χ1v) is 34.0. The summed E-state index contributed by atoms with van der Waals surface area (Å²) in [5.74, 6) is -0.999. The Morgan fingerprint density at radius 3 is 0.827 bits per heavy atom. The predicted octanol–water partition coefficient (Wildman–Crippen LogP) is 23.6. The zero-order chi connectivity index (χ0) is 58.5. The molecule has 0 amide bonds. The van der Waals surface area contributed by atoms with Gasteiger partial charge in [-0.05, 0) is 122 Å². The fraction of sp³-hybridized carbons (Fsp3) is 0.693. The van der Waals surface area contributed by atoms with Gasteiger partial charge in [-0.25, -0.2) is 0 Å². The van der Waals surface area contributed by atoms with Gasteiger partial charge in [-0.1, -0.05) is 296 Å². The molecule has 0 radical (unpaired) electrons. The summed E-state index contributed by atoms with van der Waals surface area (Å²) < 4.78 is 16.9. The summed E-state index contributed by atoms with van der Waals surface area (Å²) in [6.07, 6.45) is 95.2. The number of esters is 3. The molecule has 0 spiro atoms. The number of unbranched alkanes of at least 4 members (excludes halogenated alkanes) is 30. The van der Waals surface area contributed by atoms with Gasteiger partial charge in [0.2, 0.25) is 0 Å². The number of allylic oxidation sites excluding steroid dienone is 20. The van der Waals surface area contributed by atoms with Crippen molar-refractivity contribution in [3.05, 3.63) is 122 Å². The minimum atomic E-state index is -0.818. The minimum Gasteiger partial charge on any atom is -0.462 e. The molecule has 6 nitrogen and oxygen atoms in total. The molecule has 0 heterocycles. The van der Waals surface area contributed by atoms with Crippen LogP contribution < -0.4 is 0 Å². The Balaban J connectivity index is 4.33. The first kappa shape index (κ1) is 76.8. The molecule has 6 heteroatoms. The van der Waals surface area contributed by atoms with E-state index >= 15 is 0 Å². The van der Waals surface area contributed by atoms with E-state index in [1.54, 1.807) is 0 Å². The summed E-state index contributed by atoms with van der Waals surface area (Å²) in [4.78, 5) is 38.3. The lowest BCUT2D eigenvalue weighted by Gasteiger charge is -2.18. The molecule has 81 heavy (non-hydrogen) atoms. The summed E-state index contributed by atoms with van der Waals surface area (Å²) >= 11 is 0. The zero-order valence-corrected chi connectivity index (χ0v) is 53.0. The third kappa shape index (κ3) is 66.5. The molecule has 0 saturated heterocycles. The lowest BCUT2D eigenvalue weighted by atomic mass is 10.0. The van der Waals surface area contributed by atoms with E-state index < -0.39 is 6.10 Å². The van der Waals surface area contributed by atoms with Gasteiger partial charge in [0.25, 0.3) is 0 Å². The van der Waals surface area contributed by atoms with Gasteiger partial charge < -0.3 is 14.2 Å². The Bertz CT molecular complexity index is 1670. The number of rotatable bonds is 61. The van der Waals surface area contributed by atoms with Crippen LogP contribution in [-0.4, -0.2) is 37.2 Å². The summed E-state index contributed by atoms with van der Waals surface area (Å²) in [6.45, 7) is 6.45. The highest BCUT2D eigenvalue weighted by Crippen LogP contribution is 2.16. The molecule has 1 unspecified atom stereocenters. The van der Waals surface area contributed by atoms with Crippen LogP contribution in [0.2, 0.25) is 0 Å². The largest absolute Gasteiger partial charge is 0.462 e. The van der Waals surface area contributed by atoms with Crippen molar-refractivity contribution in [2.45, 2.75) is 322 Å². The second-order valence-corrected chi connectivity index (χ2v) is 22.3. The van der Waals surface area contributed by atoms with Crippen LogP contribution in [0.4, 0.5) is 0 Å². The second-order valence-electron chi connectivity index (χ2n) is 22.3. The Morgan fingerprint density at radius 2 is 0.506 bits per heavy atom. The molecule has 0 fully saturated rings. The average Bonchev–Trinajstić information content (AvgIpc) is 3.46. The van der Waals surface area contributed by atoms with Gasteiger partial charge in [-0.2, -0.15) is 0 Å². The molecule has 0 aromatic rings. The number of ether oxygens (including phenoxy) is 3. The first-order chi connectivity index (χ1) is 40.0. The Kier molecular flexibility index (Phi) is 64.8. The van der Waals surface area contributed by atoms with Gasteiger partial charge in [0.1, 0.15) is 13.2 Å². The number of carbonyl (C=O) groups excluding carboxylic acids is 3. The van der Waals surface area contributed by atoms with Crippen LogP contribution in [0, 0.1) is 0 Å². The fourth-order valence-electron chi connectivity index (χ4n) is 9.35.